The molecule has 0 amide bonds. The van der Waals surface area contributed by atoms with E-state index in [1.165, 1.54) is 22.7 Å². The van der Waals surface area contributed by atoms with Crippen molar-refractivity contribution in [2.45, 2.75) is 32.7 Å². The number of nitrogens with zero attached hydrogens (tertiary/aromatic N) is 1. The molecule has 2 atom stereocenters. The van der Waals surface area contributed by atoms with Crippen LogP contribution < -0.4 is 5.73 Å². The number of hydrogen-bond acceptors (Lipinski definition) is 3. The molecule has 16 heavy (non-hydrogen) atoms. The Morgan fingerprint density at radius 2 is 2.25 bits per heavy atom. The average Bonchev–Trinajstić information content (AvgIpc) is 2.94. The minimum atomic E-state index is 0.584. The van der Waals surface area contributed by atoms with E-state index < -0.39 is 0 Å². The summed E-state index contributed by atoms with van der Waals surface area (Å²) >= 11 is 1.97. The summed E-state index contributed by atoms with van der Waals surface area (Å²) in [4.78, 5) is 5.59. The lowest BCUT2D eigenvalue weighted by Gasteiger charge is -2.25. The van der Waals surface area contributed by atoms with Gasteiger partial charge in [-0.2, -0.15) is 0 Å². The Hall–Kier alpha value is -0.380. The van der Waals surface area contributed by atoms with Crippen molar-refractivity contribution in [2.75, 3.05) is 19.6 Å². The van der Waals surface area contributed by atoms with Gasteiger partial charge in [0.15, 0.2) is 0 Å². The van der Waals surface area contributed by atoms with E-state index in [2.05, 4.69) is 30.9 Å². The fourth-order valence-corrected chi connectivity index (χ4v) is 3.87. The molecule has 2 rings (SSSR count). The Balaban J connectivity index is 2.21. The van der Waals surface area contributed by atoms with Crippen LogP contribution >= 0.6 is 11.3 Å². The molecule has 1 aliphatic rings. The van der Waals surface area contributed by atoms with Crippen LogP contribution in [0.25, 0.3) is 0 Å². The molecule has 1 aromatic rings. The molecule has 0 saturated carbocycles. The fraction of sp³-hybridized carbons (Fsp3) is 0.692. The quantitative estimate of drug-likeness (QED) is 0.874. The van der Waals surface area contributed by atoms with Crippen molar-refractivity contribution in [2.24, 2.45) is 11.7 Å². The predicted octanol–water partition coefficient (Wildman–Crippen LogP) is 2.65. The van der Waals surface area contributed by atoms with Gasteiger partial charge in [-0.1, -0.05) is 13.8 Å². The Morgan fingerprint density at radius 1 is 1.44 bits per heavy atom. The Labute approximate surface area is 102 Å². The fourth-order valence-electron chi connectivity index (χ4n) is 2.68. The number of hydrogen-bond donors (Lipinski definition) is 1. The lowest BCUT2D eigenvalue weighted by Crippen LogP contribution is -2.27. The minimum absolute atomic E-state index is 0.584. The summed E-state index contributed by atoms with van der Waals surface area (Å²) in [6.07, 6.45) is 2.41. The highest BCUT2D eigenvalue weighted by molar-refractivity contribution is 7.12. The van der Waals surface area contributed by atoms with Crippen molar-refractivity contribution < 1.29 is 0 Å². The maximum absolute atomic E-state index is 5.90. The third kappa shape index (κ3) is 2.17. The standard InChI is InChI=1S/C13H22N2S/c1-3-11-5-6-12(16-11)13-10(9-14)7-8-15(13)4-2/h5-6,10,13H,3-4,7-9,14H2,1-2H3. The normalized spacial score (nSPS) is 26.4. The summed E-state index contributed by atoms with van der Waals surface area (Å²) in [6.45, 7) is 7.64. The molecule has 0 spiro atoms. The smallest absolute Gasteiger partial charge is 0.0482 e. The molecular formula is C13H22N2S. The van der Waals surface area contributed by atoms with Gasteiger partial charge in [-0.15, -0.1) is 11.3 Å². The topological polar surface area (TPSA) is 29.3 Å². The van der Waals surface area contributed by atoms with Crippen molar-refractivity contribution in [3.05, 3.63) is 21.9 Å². The zero-order chi connectivity index (χ0) is 11.5. The summed E-state index contributed by atoms with van der Waals surface area (Å²) in [5.74, 6) is 0.656. The molecule has 0 radical (unpaired) electrons. The first kappa shape index (κ1) is 12.1. The van der Waals surface area contributed by atoms with Crippen LogP contribution in [0, 0.1) is 5.92 Å². The highest BCUT2D eigenvalue weighted by Crippen LogP contribution is 2.39. The first-order chi connectivity index (χ1) is 7.80. The molecule has 2 N–H and O–H groups in total. The molecule has 0 bridgehead atoms. The Kier molecular flexibility index (Phi) is 4.00. The summed E-state index contributed by atoms with van der Waals surface area (Å²) in [5.41, 5.74) is 5.90. The van der Waals surface area contributed by atoms with Crippen molar-refractivity contribution >= 4 is 11.3 Å². The second-order valence-corrected chi connectivity index (χ2v) is 5.72. The van der Waals surface area contributed by atoms with E-state index in [9.17, 15) is 0 Å². The average molecular weight is 238 g/mol. The van der Waals surface area contributed by atoms with Gasteiger partial charge >= 0.3 is 0 Å². The van der Waals surface area contributed by atoms with E-state index in [1.54, 1.807) is 0 Å². The van der Waals surface area contributed by atoms with Gasteiger partial charge in [0.25, 0.3) is 0 Å². The van der Waals surface area contributed by atoms with E-state index in [0.717, 1.165) is 19.5 Å². The van der Waals surface area contributed by atoms with Crippen LogP contribution in [-0.4, -0.2) is 24.5 Å². The van der Waals surface area contributed by atoms with Crippen molar-refractivity contribution in [3.63, 3.8) is 0 Å². The van der Waals surface area contributed by atoms with Crippen LogP contribution in [0.15, 0.2) is 12.1 Å². The molecular weight excluding hydrogens is 216 g/mol. The molecule has 1 aliphatic heterocycles. The van der Waals surface area contributed by atoms with Crippen molar-refractivity contribution in [1.82, 2.24) is 4.90 Å². The van der Waals surface area contributed by atoms with Crippen molar-refractivity contribution in [3.8, 4) is 0 Å². The van der Waals surface area contributed by atoms with Gasteiger partial charge in [0.1, 0.15) is 0 Å². The Morgan fingerprint density at radius 3 is 2.81 bits per heavy atom. The summed E-state index contributed by atoms with van der Waals surface area (Å²) in [7, 11) is 0. The van der Waals surface area contributed by atoms with Crippen LogP contribution in [-0.2, 0) is 6.42 Å². The van der Waals surface area contributed by atoms with Crippen LogP contribution in [0.1, 0.15) is 36.1 Å². The van der Waals surface area contributed by atoms with Gasteiger partial charge in [-0.3, -0.25) is 4.90 Å². The van der Waals surface area contributed by atoms with Crippen LogP contribution in [0.2, 0.25) is 0 Å². The second kappa shape index (κ2) is 5.30. The van der Waals surface area contributed by atoms with Crippen LogP contribution in [0.4, 0.5) is 0 Å². The second-order valence-electron chi connectivity index (χ2n) is 4.52. The zero-order valence-electron chi connectivity index (χ0n) is 10.3. The molecule has 2 nitrogen and oxygen atoms in total. The summed E-state index contributed by atoms with van der Waals surface area (Å²) in [6, 6.07) is 5.17. The highest BCUT2D eigenvalue weighted by atomic mass is 32.1. The largest absolute Gasteiger partial charge is 0.330 e. The number of likely N-dealkylation sites (tertiary alicyclic amines) is 1. The van der Waals surface area contributed by atoms with E-state index in [-0.39, 0.29) is 0 Å². The van der Waals surface area contributed by atoms with Gasteiger partial charge in [0.05, 0.1) is 0 Å². The van der Waals surface area contributed by atoms with E-state index in [1.807, 2.05) is 11.3 Å². The predicted molar refractivity (Wildman–Crippen MR) is 70.8 cm³/mol. The van der Waals surface area contributed by atoms with Crippen molar-refractivity contribution in [1.29, 1.82) is 0 Å². The highest BCUT2D eigenvalue weighted by Gasteiger charge is 2.34. The SMILES string of the molecule is CCc1ccc(C2C(CN)CCN2CC)s1. The Bertz CT molecular complexity index is 322. The number of thiophene rings is 1. The molecule has 0 aromatic carbocycles. The molecule has 1 aromatic heterocycles. The molecule has 2 unspecified atom stereocenters. The van der Waals surface area contributed by atoms with Gasteiger partial charge in [0, 0.05) is 15.8 Å². The van der Waals surface area contributed by atoms with Gasteiger partial charge in [-0.05, 0) is 50.5 Å². The van der Waals surface area contributed by atoms with E-state index in [4.69, 9.17) is 5.73 Å². The molecule has 90 valence electrons. The molecule has 1 fully saturated rings. The van der Waals surface area contributed by atoms with Gasteiger partial charge in [0.2, 0.25) is 0 Å². The van der Waals surface area contributed by atoms with Crippen LogP contribution in [0.3, 0.4) is 0 Å². The third-order valence-corrected chi connectivity index (χ3v) is 4.96. The number of aryl methyl sites for hydroxylation is 1. The number of rotatable bonds is 4. The van der Waals surface area contributed by atoms with Gasteiger partial charge in [-0.25, -0.2) is 0 Å². The summed E-state index contributed by atoms with van der Waals surface area (Å²) < 4.78 is 0. The summed E-state index contributed by atoms with van der Waals surface area (Å²) in [5, 5.41) is 0. The first-order valence-corrected chi connectivity index (χ1v) is 7.14. The monoisotopic (exact) mass is 238 g/mol. The van der Waals surface area contributed by atoms with Crippen LogP contribution in [0.5, 0.6) is 0 Å². The van der Waals surface area contributed by atoms with E-state index >= 15 is 0 Å². The third-order valence-electron chi connectivity index (χ3n) is 3.66. The lowest BCUT2D eigenvalue weighted by molar-refractivity contribution is 0.245. The van der Waals surface area contributed by atoms with Gasteiger partial charge < -0.3 is 5.73 Å². The number of nitrogens with two attached hydrogens (primary N) is 1. The molecule has 1 saturated heterocycles. The minimum Gasteiger partial charge on any atom is -0.330 e. The lowest BCUT2D eigenvalue weighted by atomic mass is 9.99. The maximum atomic E-state index is 5.90. The van der Waals surface area contributed by atoms with E-state index in [0.29, 0.717) is 12.0 Å². The molecule has 0 aliphatic carbocycles. The molecule has 3 heteroatoms. The molecule has 2 heterocycles. The maximum Gasteiger partial charge on any atom is 0.0482 e. The zero-order valence-corrected chi connectivity index (χ0v) is 11.1. The first-order valence-electron chi connectivity index (χ1n) is 6.32.